The summed E-state index contributed by atoms with van der Waals surface area (Å²) in [5.41, 5.74) is 0.990. The maximum atomic E-state index is 13.1. The molecule has 0 radical (unpaired) electrons. The van der Waals surface area contributed by atoms with E-state index >= 15 is 0 Å². The number of rotatable bonds is 7. The molecule has 0 saturated heterocycles. The van der Waals surface area contributed by atoms with E-state index in [1.54, 1.807) is 0 Å². The molecule has 1 heterocycles. The van der Waals surface area contributed by atoms with E-state index in [-0.39, 0.29) is 31.2 Å². The average Bonchev–Trinajstić information content (AvgIpc) is 2.59. The standard InChI is InChI=1S/C17H15F5N2O2/c18-13-3-1-11(7-14(13)19)2-4-15(25)24-9-12-5-6-23-16(8-12)26-10-17(20,21)22/h1,3,5-8H,2,4,9-10H2,(H,24,25). The maximum absolute atomic E-state index is 13.1. The first-order valence-electron chi connectivity index (χ1n) is 7.58. The minimum Gasteiger partial charge on any atom is -0.468 e. The number of ether oxygens (including phenoxy) is 1. The molecular weight excluding hydrogens is 359 g/mol. The van der Waals surface area contributed by atoms with Gasteiger partial charge in [-0.3, -0.25) is 4.79 Å². The van der Waals surface area contributed by atoms with Crippen molar-refractivity contribution in [1.82, 2.24) is 10.3 Å². The summed E-state index contributed by atoms with van der Waals surface area (Å²) in [5, 5.41) is 2.58. The first-order valence-corrected chi connectivity index (χ1v) is 7.58. The molecule has 0 unspecified atom stereocenters. The van der Waals surface area contributed by atoms with E-state index in [9.17, 15) is 26.7 Å². The molecule has 0 fully saturated rings. The molecule has 0 aliphatic carbocycles. The molecule has 0 bridgehead atoms. The summed E-state index contributed by atoms with van der Waals surface area (Å²) >= 11 is 0. The van der Waals surface area contributed by atoms with E-state index in [1.165, 1.54) is 24.4 Å². The highest BCUT2D eigenvalue weighted by molar-refractivity contribution is 5.76. The van der Waals surface area contributed by atoms with Crippen LogP contribution in [0.4, 0.5) is 22.0 Å². The maximum Gasteiger partial charge on any atom is 0.422 e. The molecule has 140 valence electrons. The van der Waals surface area contributed by atoms with Crippen LogP contribution < -0.4 is 10.1 Å². The van der Waals surface area contributed by atoms with Gasteiger partial charge < -0.3 is 10.1 Å². The predicted octanol–water partition coefficient (Wildman–Crippen LogP) is 3.55. The quantitative estimate of drug-likeness (QED) is 0.754. The molecule has 0 atom stereocenters. The third-order valence-electron chi connectivity index (χ3n) is 3.30. The molecular formula is C17H15F5N2O2. The van der Waals surface area contributed by atoms with Crippen LogP contribution in [0.15, 0.2) is 36.5 Å². The lowest BCUT2D eigenvalue weighted by molar-refractivity contribution is -0.154. The molecule has 2 aromatic rings. The van der Waals surface area contributed by atoms with Gasteiger partial charge in [0.05, 0.1) is 0 Å². The Bertz CT molecular complexity index is 765. The summed E-state index contributed by atoms with van der Waals surface area (Å²) in [6, 6.07) is 6.22. The summed E-state index contributed by atoms with van der Waals surface area (Å²) in [7, 11) is 0. The number of benzene rings is 1. The number of amides is 1. The van der Waals surface area contributed by atoms with Crippen LogP contribution in [0.1, 0.15) is 17.5 Å². The largest absolute Gasteiger partial charge is 0.468 e. The van der Waals surface area contributed by atoms with Crippen LogP contribution in [0.25, 0.3) is 0 Å². The predicted molar refractivity (Wildman–Crippen MR) is 82.3 cm³/mol. The average molecular weight is 374 g/mol. The number of carbonyl (C=O) groups excluding carboxylic acids is 1. The Hall–Kier alpha value is -2.71. The van der Waals surface area contributed by atoms with Crippen molar-refractivity contribution in [2.24, 2.45) is 0 Å². The van der Waals surface area contributed by atoms with Crippen LogP contribution in [0.5, 0.6) is 5.88 Å². The molecule has 0 aliphatic heterocycles. The van der Waals surface area contributed by atoms with Crippen LogP contribution >= 0.6 is 0 Å². The van der Waals surface area contributed by atoms with Crippen LogP contribution in [0.3, 0.4) is 0 Å². The van der Waals surface area contributed by atoms with Gasteiger partial charge in [-0.15, -0.1) is 0 Å². The van der Waals surface area contributed by atoms with Crippen molar-refractivity contribution in [3.05, 3.63) is 59.3 Å². The van der Waals surface area contributed by atoms with Crippen molar-refractivity contribution in [2.45, 2.75) is 25.6 Å². The van der Waals surface area contributed by atoms with Gasteiger partial charge >= 0.3 is 6.18 Å². The highest BCUT2D eigenvalue weighted by Gasteiger charge is 2.28. The Labute approximate surface area is 146 Å². The van der Waals surface area contributed by atoms with Crippen molar-refractivity contribution < 1.29 is 31.5 Å². The Kier molecular flexibility index (Phi) is 6.48. The normalized spacial score (nSPS) is 11.3. The van der Waals surface area contributed by atoms with Crippen LogP contribution in [-0.2, 0) is 17.8 Å². The third kappa shape index (κ3) is 6.66. The van der Waals surface area contributed by atoms with E-state index in [2.05, 4.69) is 15.0 Å². The molecule has 4 nitrogen and oxygen atoms in total. The number of aromatic nitrogens is 1. The zero-order chi connectivity index (χ0) is 19.2. The second-order valence-corrected chi connectivity index (χ2v) is 5.43. The highest BCUT2D eigenvalue weighted by Crippen LogP contribution is 2.17. The highest BCUT2D eigenvalue weighted by atomic mass is 19.4. The number of alkyl halides is 3. The Balaban J connectivity index is 1.80. The smallest absolute Gasteiger partial charge is 0.422 e. The summed E-state index contributed by atoms with van der Waals surface area (Å²) in [5.74, 6) is -2.48. The zero-order valence-corrected chi connectivity index (χ0v) is 13.4. The lowest BCUT2D eigenvalue weighted by atomic mass is 10.1. The molecule has 0 spiro atoms. The molecule has 0 aliphatic rings. The van der Waals surface area contributed by atoms with E-state index in [1.807, 2.05) is 0 Å². The topological polar surface area (TPSA) is 51.2 Å². The molecule has 1 aromatic carbocycles. The number of carbonyl (C=O) groups is 1. The fraction of sp³-hybridized carbons (Fsp3) is 0.294. The number of hydrogen-bond acceptors (Lipinski definition) is 3. The summed E-state index contributed by atoms with van der Waals surface area (Å²) < 4.78 is 66.8. The summed E-state index contributed by atoms with van der Waals surface area (Å²) in [4.78, 5) is 15.5. The molecule has 1 N–H and O–H groups in total. The zero-order valence-electron chi connectivity index (χ0n) is 13.4. The number of hydrogen-bond donors (Lipinski definition) is 1. The van der Waals surface area contributed by atoms with Gasteiger partial charge in [0.1, 0.15) is 0 Å². The van der Waals surface area contributed by atoms with Crippen molar-refractivity contribution >= 4 is 5.91 Å². The molecule has 1 aromatic heterocycles. The molecule has 1 amide bonds. The van der Waals surface area contributed by atoms with Gasteiger partial charge in [0, 0.05) is 25.2 Å². The Morgan fingerprint density at radius 1 is 1.08 bits per heavy atom. The number of nitrogens with zero attached hydrogens (tertiary/aromatic N) is 1. The van der Waals surface area contributed by atoms with E-state index in [4.69, 9.17) is 0 Å². The van der Waals surface area contributed by atoms with E-state index in [0.717, 1.165) is 12.1 Å². The van der Waals surface area contributed by atoms with Gasteiger partial charge in [-0.1, -0.05) is 6.07 Å². The number of aryl methyl sites for hydroxylation is 1. The number of pyridine rings is 1. The molecule has 26 heavy (non-hydrogen) atoms. The monoisotopic (exact) mass is 374 g/mol. The third-order valence-corrected chi connectivity index (χ3v) is 3.30. The minimum atomic E-state index is -4.47. The minimum absolute atomic E-state index is 0.0492. The molecule has 0 saturated carbocycles. The van der Waals surface area contributed by atoms with Crippen molar-refractivity contribution in [3.63, 3.8) is 0 Å². The van der Waals surface area contributed by atoms with Crippen molar-refractivity contribution in [1.29, 1.82) is 0 Å². The van der Waals surface area contributed by atoms with Crippen molar-refractivity contribution in [3.8, 4) is 5.88 Å². The van der Waals surface area contributed by atoms with E-state index in [0.29, 0.717) is 11.1 Å². The number of nitrogens with one attached hydrogen (secondary N) is 1. The Morgan fingerprint density at radius 2 is 1.85 bits per heavy atom. The van der Waals surface area contributed by atoms with Crippen LogP contribution in [0.2, 0.25) is 0 Å². The SMILES string of the molecule is O=C(CCc1ccc(F)c(F)c1)NCc1ccnc(OCC(F)(F)F)c1. The van der Waals surface area contributed by atoms with E-state index < -0.39 is 24.4 Å². The molecule has 2 rings (SSSR count). The van der Waals surface area contributed by atoms with Gasteiger partial charge in [-0.2, -0.15) is 13.2 Å². The second kappa shape index (κ2) is 8.59. The summed E-state index contributed by atoms with van der Waals surface area (Å²) in [6.07, 6.45) is -2.92. The lowest BCUT2D eigenvalue weighted by Gasteiger charge is -2.10. The fourth-order valence-electron chi connectivity index (χ4n) is 2.04. The van der Waals surface area contributed by atoms with Crippen LogP contribution in [0, 0.1) is 11.6 Å². The van der Waals surface area contributed by atoms with Gasteiger partial charge in [0.25, 0.3) is 0 Å². The lowest BCUT2D eigenvalue weighted by Crippen LogP contribution is -2.23. The van der Waals surface area contributed by atoms with Gasteiger partial charge in [-0.05, 0) is 35.7 Å². The summed E-state index contributed by atoms with van der Waals surface area (Å²) in [6.45, 7) is -1.38. The first kappa shape index (κ1) is 19.6. The number of halogens is 5. The van der Waals surface area contributed by atoms with Gasteiger partial charge in [-0.25, -0.2) is 13.8 Å². The molecule has 9 heteroatoms. The first-order chi connectivity index (χ1) is 12.2. The fourth-order valence-corrected chi connectivity index (χ4v) is 2.04. The second-order valence-electron chi connectivity index (χ2n) is 5.43. The van der Waals surface area contributed by atoms with Crippen LogP contribution in [-0.4, -0.2) is 23.7 Å². The Morgan fingerprint density at radius 3 is 2.54 bits per heavy atom. The van der Waals surface area contributed by atoms with Gasteiger partial charge in [0.15, 0.2) is 18.2 Å². The van der Waals surface area contributed by atoms with Crippen molar-refractivity contribution in [2.75, 3.05) is 6.61 Å². The van der Waals surface area contributed by atoms with Gasteiger partial charge in [0.2, 0.25) is 11.8 Å².